The number of nitrogens with zero attached hydrogens (tertiary/aromatic N) is 4. The fourth-order valence-electron chi connectivity index (χ4n) is 2.29. The molecule has 0 saturated carbocycles. The minimum absolute atomic E-state index is 0.139. The summed E-state index contributed by atoms with van der Waals surface area (Å²) in [5.41, 5.74) is 1.34. The van der Waals surface area contributed by atoms with E-state index in [1.54, 1.807) is 10.9 Å². The number of hydrogen-bond donors (Lipinski definition) is 1. The maximum Gasteiger partial charge on any atom is 0.292 e. The van der Waals surface area contributed by atoms with Gasteiger partial charge in [-0.1, -0.05) is 11.6 Å². The van der Waals surface area contributed by atoms with E-state index in [-0.39, 0.29) is 10.7 Å². The maximum atomic E-state index is 13.9. The predicted molar refractivity (Wildman–Crippen MR) is 90.0 cm³/mol. The second kappa shape index (κ2) is 6.64. The lowest BCUT2D eigenvalue weighted by molar-refractivity contribution is 0.571. The van der Waals surface area contributed by atoms with E-state index >= 15 is 0 Å². The van der Waals surface area contributed by atoms with Crippen LogP contribution in [0.3, 0.4) is 0 Å². The van der Waals surface area contributed by atoms with Crippen LogP contribution in [0.25, 0.3) is 5.69 Å². The Hall–Kier alpha value is -2.74. The monoisotopic (exact) mass is 365 g/mol. The Kier molecular flexibility index (Phi) is 4.54. The van der Waals surface area contributed by atoms with E-state index in [1.165, 1.54) is 6.20 Å². The lowest BCUT2D eigenvalue weighted by Gasteiger charge is -2.11. The van der Waals surface area contributed by atoms with Crippen LogP contribution < -0.4 is 10.9 Å². The highest BCUT2D eigenvalue weighted by Gasteiger charge is 2.14. The smallest absolute Gasteiger partial charge is 0.292 e. The topological polar surface area (TPSA) is 64.7 Å². The zero-order valence-corrected chi connectivity index (χ0v) is 14.2. The lowest BCUT2D eigenvalue weighted by Crippen LogP contribution is -2.23. The summed E-state index contributed by atoms with van der Waals surface area (Å²) >= 11 is 6.09. The minimum atomic E-state index is -0.905. The van der Waals surface area contributed by atoms with Crippen molar-refractivity contribution in [1.29, 1.82) is 0 Å². The minimum Gasteiger partial charge on any atom is -0.378 e. The Balaban J connectivity index is 1.90. The van der Waals surface area contributed by atoms with Crippen molar-refractivity contribution in [1.82, 2.24) is 19.6 Å². The highest BCUT2D eigenvalue weighted by molar-refractivity contribution is 6.32. The van der Waals surface area contributed by atoms with Crippen LogP contribution >= 0.6 is 11.6 Å². The van der Waals surface area contributed by atoms with Crippen molar-refractivity contribution in [3.05, 3.63) is 68.9 Å². The SMILES string of the molecule is Cc1c(CNc2cnn(-c3ccc(F)cc3F)c(=O)c2Cl)cnn1C. The maximum absolute atomic E-state index is 13.9. The first-order valence-corrected chi connectivity index (χ1v) is 7.71. The van der Waals surface area contributed by atoms with E-state index in [0.29, 0.717) is 18.3 Å². The molecule has 25 heavy (non-hydrogen) atoms. The first kappa shape index (κ1) is 17.1. The molecule has 2 heterocycles. The van der Waals surface area contributed by atoms with Crippen LogP contribution in [0.5, 0.6) is 0 Å². The molecule has 9 heteroatoms. The molecule has 0 aliphatic carbocycles. The normalized spacial score (nSPS) is 10.9. The molecule has 0 aliphatic heterocycles. The van der Waals surface area contributed by atoms with Gasteiger partial charge in [0.1, 0.15) is 16.5 Å². The quantitative estimate of drug-likeness (QED) is 0.772. The molecule has 0 bridgehead atoms. The van der Waals surface area contributed by atoms with Crippen LogP contribution in [0.4, 0.5) is 14.5 Å². The molecule has 0 amide bonds. The number of aromatic nitrogens is 4. The Morgan fingerprint density at radius 1 is 1.24 bits per heavy atom. The molecule has 3 rings (SSSR count). The average molecular weight is 366 g/mol. The number of nitrogens with one attached hydrogen (secondary N) is 1. The third kappa shape index (κ3) is 3.25. The molecule has 3 aromatic rings. The van der Waals surface area contributed by atoms with Gasteiger partial charge in [-0.05, 0) is 19.1 Å². The lowest BCUT2D eigenvalue weighted by atomic mass is 10.2. The van der Waals surface area contributed by atoms with Gasteiger partial charge in [-0.3, -0.25) is 9.48 Å². The second-order valence-electron chi connectivity index (χ2n) is 5.42. The largest absolute Gasteiger partial charge is 0.378 e. The van der Waals surface area contributed by atoms with Crippen LogP contribution in [0, 0.1) is 18.6 Å². The summed E-state index contributed by atoms with van der Waals surface area (Å²) in [7, 11) is 1.83. The number of benzene rings is 1. The van der Waals surface area contributed by atoms with E-state index in [9.17, 15) is 13.6 Å². The number of anilines is 1. The molecule has 6 nitrogen and oxygen atoms in total. The molecule has 0 aliphatic rings. The Bertz CT molecular complexity index is 999. The summed E-state index contributed by atoms with van der Waals surface area (Å²) in [5, 5.41) is 10.9. The van der Waals surface area contributed by atoms with E-state index < -0.39 is 17.2 Å². The molecule has 0 spiro atoms. The highest BCUT2D eigenvalue weighted by atomic mass is 35.5. The number of halogens is 3. The molecule has 0 saturated heterocycles. The number of hydrogen-bond acceptors (Lipinski definition) is 4. The third-order valence-corrected chi connectivity index (χ3v) is 4.23. The number of aryl methyl sites for hydroxylation is 1. The van der Waals surface area contributed by atoms with E-state index in [0.717, 1.165) is 28.1 Å². The van der Waals surface area contributed by atoms with Crippen molar-refractivity contribution in [3.8, 4) is 5.69 Å². The van der Waals surface area contributed by atoms with E-state index in [2.05, 4.69) is 15.5 Å². The molecular weight excluding hydrogens is 352 g/mol. The zero-order chi connectivity index (χ0) is 18.1. The summed E-state index contributed by atoms with van der Waals surface area (Å²) in [5.74, 6) is -1.65. The van der Waals surface area contributed by atoms with Crippen molar-refractivity contribution in [3.63, 3.8) is 0 Å². The summed E-state index contributed by atoms with van der Waals surface area (Å²) in [4.78, 5) is 12.4. The van der Waals surface area contributed by atoms with Crippen LogP contribution in [0.1, 0.15) is 11.3 Å². The van der Waals surface area contributed by atoms with Crippen LogP contribution in [-0.4, -0.2) is 19.6 Å². The molecule has 1 aromatic carbocycles. The van der Waals surface area contributed by atoms with Crippen molar-refractivity contribution in [2.75, 3.05) is 5.32 Å². The van der Waals surface area contributed by atoms with Gasteiger partial charge in [-0.15, -0.1) is 0 Å². The van der Waals surface area contributed by atoms with Crippen LogP contribution in [-0.2, 0) is 13.6 Å². The van der Waals surface area contributed by atoms with Gasteiger partial charge in [-0.2, -0.15) is 14.9 Å². The summed E-state index contributed by atoms with van der Waals surface area (Å²) in [6, 6.07) is 2.84. The van der Waals surface area contributed by atoms with Crippen molar-refractivity contribution >= 4 is 17.3 Å². The average Bonchev–Trinajstić information content (AvgIpc) is 2.89. The highest BCUT2D eigenvalue weighted by Crippen LogP contribution is 2.19. The Morgan fingerprint density at radius 3 is 2.64 bits per heavy atom. The fraction of sp³-hybridized carbons (Fsp3) is 0.188. The molecule has 2 aromatic heterocycles. The molecule has 0 atom stereocenters. The van der Waals surface area contributed by atoms with Gasteiger partial charge in [0.05, 0.1) is 18.1 Å². The van der Waals surface area contributed by atoms with E-state index in [1.807, 2.05) is 14.0 Å². The van der Waals surface area contributed by atoms with Crippen LogP contribution in [0.2, 0.25) is 5.02 Å². The zero-order valence-electron chi connectivity index (χ0n) is 13.4. The molecule has 0 unspecified atom stereocenters. The van der Waals surface area contributed by atoms with Gasteiger partial charge in [0.25, 0.3) is 5.56 Å². The first-order valence-electron chi connectivity index (χ1n) is 7.33. The van der Waals surface area contributed by atoms with Crippen LogP contribution in [0.15, 0.2) is 35.4 Å². The van der Waals surface area contributed by atoms with Gasteiger partial charge >= 0.3 is 0 Å². The molecular formula is C16H14ClF2N5O. The van der Waals surface area contributed by atoms with Crippen molar-refractivity contribution in [2.45, 2.75) is 13.5 Å². The predicted octanol–water partition coefficient (Wildman–Crippen LogP) is 2.82. The van der Waals surface area contributed by atoms with Gasteiger partial charge in [-0.25, -0.2) is 8.78 Å². The van der Waals surface area contributed by atoms with Crippen molar-refractivity contribution in [2.24, 2.45) is 7.05 Å². The van der Waals surface area contributed by atoms with E-state index in [4.69, 9.17) is 11.6 Å². The third-order valence-electron chi connectivity index (χ3n) is 3.86. The fourth-order valence-corrected chi connectivity index (χ4v) is 2.48. The summed E-state index contributed by atoms with van der Waals surface area (Å²) in [6.45, 7) is 2.31. The second-order valence-corrected chi connectivity index (χ2v) is 5.80. The Labute approximate surface area is 146 Å². The van der Waals surface area contributed by atoms with Gasteiger partial charge < -0.3 is 5.32 Å². The van der Waals surface area contributed by atoms with Crippen molar-refractivity contribution < 1.29 is 8.78 Å². The van der Waals surface area contributed by atoms with Gasteiger partial charge in [0.15, 0.2) is 5.82 Å². The number of rotatable bonds is 4. The summed E-state index contributed by atoms with van der Waals surface area (Å²) < 4.78 is 29.4. The van der Waals surface area contributed by atoms with Gasteiger partial charge in [0.2, 0.25) is 0 Å². The summed E-state index contributed by atoms with van der Waals surface area (Å²) in [6.07, 6.45) is 3.02. The first-order chi connectivity index (χ1) is 11.9. The molecule has 130 valence electrons. The molecule has 0 radical (unpaired) electrons. The standard InChI is InChI=1S/C16H14ClF2N5O/c1-9-10(7-21-23(9)2)6-20-13-8-22-24(16(25)15(13)17)14-4-3-11(18)5-12(14)19/h3-5,7-8,20H,6H2,1-2H3. The van der Waals surface area contributed by atoms with Gasteiger partial charge in [0, 0.05) is 30.9 Å². The molecule has 0 fully saturated rings. The molecule has 1 N–H and O–H groups in total. The Morgan fingerprint density at radius 2 is 2.00 bits per heavy atom.